The Hall–Kier alpha value is -1.66. The van der Waals surface area contributed by atoms with Crippen LogP contribution in [0.1, 0.15) is 5.56 Å². The third-order valence-corrected chi connectivity index (χ3v) is 5.39. The smallest absolute Gasteiger partial charge is 0.214 e. The van der Waals surface area contributed by atoms with E-state index in [2.05, 4.69) is 15.6 Å². The molecule has 2 heterocycles. The number of rotatable bonds is 2. The molecule has 1 aromatic heterocycles. The molecule has 0 amide bonds. The molecule has 0 fully saturated rings. The first kappa shape index (κ1) is 15.8. The van der Waals surface area contributed by atoms with Crippen LogP contribution >= 0.6 is 46.6 Å². The molecule has 0 aliphatic carbocycles. The van der Waals surface area contributed by atoms with Gasteiger partial charge in [0.1, 0.15) is 0 Å². The summed E-state index contributed by atoms with van der Waals surface area (Å²) in [5.41, 5.74) is 5.90. The fourth-order valence-electron chi connectivity index (χ4n) is 2.32. The molecule has 0 saturated heterocycles. The maximum Gasteiger partial charge on any atom is 0.214 e. The summed E-state index contributed by atoms with van der Waals surface area (Å²) in [6.07, 6.45) is 0. The lowest BCUT2D eigenvalue weighted by molar-refractivity contribution is 0.826. The van der Waals surface area contributed by atoms with Crippen LogP contribution in [0, 0.1) is 0 Å². The number of hydrogen-bond donors (Lipinski definition) is 1. The molecular weight excluding hydrogens is 387 g/mol. The highest BCUT2D eigenvalue weighted by Crippen LogP contribution is 2.34. The third kappa shape index (κ3) is 2.78. The van der Waals surface area contributed by atoms with Crippen molar-refractivity contribution < 1.29 is 0 Å². The molecule has 24 heavy (non-hydrogen) atoms. The molecular formula is C16H9Cl3N4S. The Morgan fingerprint density at radius 1 is 0.917 bits per heavy atom. The molecule has 8 heteroatoms. The van der Waals surface area contributed by atoms with Gasteiger partial charge in [0.2, 0.25) is 5.16 Å². The number of thioether (sulfide) groups is 1. The molecule has 1 N–H and O–H groups in total. The summed E-state index contributed by atoms with van der Waals surface area (Å²) in [6, 6.07) is 13.0. The van der Waals surface area contributed by atoms with Crippen LogP contribution in [0.25, 0.3) is 17.1 Å². The van der Waals surface area contributed by atoms with Crippen molar-refractivity contribution in [1.29, 1.82) is 0 Å². The van der Waals surface area contributed by atoms with Gasteiger partial charge in [-0.25, -0.2) is 4.68 Å². The van der Waals surface area contributed by atoms with E-state index < -0.39 is 0 Å². The van der Waals surface area contributed by atoms with Crippen molar-refractivity contribution in [2.24, 2.45) is 0 Å². The molecule has 0 atom stereocenters. The lowest BCUT2D eigenvalue weighted by Gasteiger charge is -2.19. The lowest BCUT2D eigenvalue weighted by Crippen LogP contribution is -2.18. The largest absolute Gasteiger partial charge is 0.289 e. The van der Waals surface area contributed by atoms with Crippen LogP contribution in [0.5, 0.6) is 0 Å². The van der Waals surface area contributed by atoms with E-state index in [1.165, 1.54) is 11.8 Å². The summed E-state index contributed by atoms with van der Waals surface area (Å²) >= 11 is 19.9. The Morgan fingerprint density at radius 2 is 1.75 bits per heavy atom. The summed E-state index contributed by atoms with van der Waals surface area (Å²) in [6.45, 7) is 0. The molecule has 0 unspecified atom stereocenters. The molecule has 0 spiro atoms. The minimum Gasteiger partial charge on any atom is -0.289 e. The van der Waals surface area contributed by atoms with E-state index in [1.54, 1.807) is 6.07 Å². The number of halogens is 3. The van der Waals surface area contributed by atoms with Crippen molar-refractivity contribution in [3.8, 4) is 11.4 Å². The van der Waals surface area contributed by atoms with Gasteiger partial charge in [-0.3, -0.25) is 5.43 Å². The average molecular weight is 396 g/mol. The highest BCUT2D eigenvalue weighted by atomic mass is 35.5. The molecule has 1 aliphatic heterocycles. The Bertz CT molecular complexity index is 968. The Morgan fingerprint density at radius 3 is 2.54 bits per heavy atom. The predicted octanol–water partition coefficient (Wildman–Crippen LogP) is 5.55. The summed E-state index contributed by atoms with van der Waals surface area (Å²) in [5, 5.41) is 12.8. The van der Waals surface area contributed by atoms with Gasteiger partial charge in [-0.2, -0.15) is 0 Å². The van der Waals surface area contributed by atoms with Crippen LogP contribution in [0.4, 0.5) is 0 Å². The minimum absolute atomic E-state index is 0.503. The molecule has 0 radical (unpaired) electrons. The van der Waals surface area contributed by atoms with Gasteiger partial charge in [0, 0.05) is 16.5 Å². The van der Waals surface area contributed by atoms with Gasteiger partial charge in [0.15, 0.2) is 5.82 Å². The Balaban J connectivity index is 1.73. The first-order valence-electron chi connectivity index (χ1n) is 6.93. The predicted molar refractivity (Wildman–Crippen MR) is 100 cm³/mol. The van der Waals surface area contributed by atoms with Crippen LogP contribution < -0.4 is 5.43 Å². The molecule has 4 nitrogen and oxygen atoms in total. The molecule has 2 aromatic carbocycles. The van der Waals surface area contributed by atoms with Crippen LogP contribution in [0.15, 0.2) is 53.0 Å². The van der Waals surface area contributed by atoms with Crippen molar-refractivity contribution in [2.45, 2.75) is 5.16 Å². The van der Waals surface area contributed by atoms with E-state index in [-0.39, 0.29) is 0 Å². The first-order valence-corrected chi connectivity index (χ1v) is 8.94. The fourth-order valence-corrected chi connectivity index (χ4v) is 3.57. The molecule has 0 saturated carbocycles. The van der Waals surface area contributed by atoms with Gasteiger partial charge in [-0.05, 0) is 24.3 Å². The highest BCUT2D eigenvalue weighted by molar-refractivity contribution is 8.02. The van der Waals surface area contributed by atoms with Crippen molar-refractivity contribution in [2.75, 3.05) is 5.43 Å². The van der Waals surface area contributed by atoms with Gasteiger partial charge in [-0.1, -0.05) is 64.8 Å². The van der Waals surface area contributed by atoms with Gasteiger partial charge < -0.3 is 0 Å². The summed E-state index contributed by atoms with van der Waals surface area (Å²) in [5.74, 6) is 0.647. The lowest BCUT2D eigenvalue weighted by atomic mass is 10.2. The summed E-state index contributed by atoms with van der Waals surface area (Å²) in [7, 11) is 0. The maximum atomic E-state index is 6.29. The Labute approximate surface area is 157 Å². The van der Waals surface area contributed by atoms with Crippen molar-refractivity contribution >= 4 is 52.3 Å². The summed E-state index contributed by atoms with van der Waals surface area (Å²) < 4.78 is 1.81. The van der Waals surface area contributed by atoms with Gasteiger partial charge in [0.25, 0.3) is 0 Å². The van der Waals surface area contributed by atoms with Crippen LogP contribution in [-0.4, -0.2) is 14.9 Å². The van der Waals surface area contributed by atoms with Crippen molar-refractivity contribution in [3.05, 3.63) is 68.5 Å². The Kier molecular flexibility index (Phi) is 4.18. The normalized spacial score (nSPS) is 13.2. The number of fused-ring (bicyclic) bond motifs is 1. The van der Waals surface area contributed by atoms with E-state index >= 15 is 0 Å². The number of benzene rings is 2. The fraction of sp³-hybridized carbons (Fsp3) is 0. The highest BCUT2D eigenvalue weighted by Gasteiger charge is 2.21. The van der Waals surface area contributed by atoms with E-state index in [0.717, 1.165) is 22.0 Å². The number of hydrogen-bond acceptors (Lipinski definition) is 4. The third-order valence-electron chi connectivity index (χ3n) is 3.49. The number of nitrogens with zero attached hydrogens (tertiary/aromatic N) is 3. The quantitative estimate of drug-likeness (QED) is 0.617. The zero-order valence-corrected chi connectivity index (χ0v) is 15.1. The second-order valence-electron chi connectivity index (χ2n) is 5.01. The average Bonchev–Trinajstić information content (AvgIpc) is 3.01. The standard InChI is InChI=1S/C16H9Cl3N4S/c17-11-4-2-1-3-10(11)15-20-21-16-23(15)22-14(8-24-16)9-5-6-12(18)13(19)7-9/h1-8,22H. The van der Waals surface area contributed by atoms with E-state index in [0.29, 0.717) is 20.9 Å². The minimum atomic E-state index is 0.503. The summed E-state index contributed by atoms with van der Waals surface area (Å²) in [4.78, 5) is 0. The van der Waals surface area contributed by atoms with E-state index in [9.17, 15) is 0 Å². The zero-order chi connectivity index (χ0) is 16.7. The molecule has 3 aromatic rings. The van der Waals surface area contributed by atoms with Crippen LogP contribution in [0.3, 0.4) is 0 Å². The topological polar surface area (TPSA) is 42.7 Å². The SMILES string of the molecule is Clc1ccc(C2=CSc3nnc(-c4ccccc4Cl)n3N2)cc1Cl. The second kappa shape index (κ2) is 6.33. The zero-order valence-electron chi connectivity index (χ0n) is 12.0. The van der Waals surface area contributed by atoms with E-state index in [4.69, 9.17) is 34.8 Å². The molecule has 4 rings (SSSR count). The van der Waals surface area contributed by atoms with E-state index in [1.807, 2.05) is 46.5 Å². The number of nitrogens with one attached hydrogen (secondary N) is 1. The van der Waals surface area contributed by atoms with Gasteiger partial charge in [0.05, 0.1) is 20.8 Å². The second-order valence-corrected chi connectivity index (χ2v) is 7.07. The molecule has 1 aliphatic rings. The molecule has 0 bridgehead atoms. The monoisotopic (exact) mass is 394 g/mol. The van der Waals surface area contributed by atoms with Gasteiger partial charge in [-0.15, -0.1) is 10.2 Å². The number of aromatic nitrogens is 3. The van der Waals surface area contributed by atoms with Crippen molar-refractivity contribution in [1.82, 2.24) is 14.9 Å². The van der Waals surface area contributed by atoms with Crippen molar-refractivity contribution in [3.63, 3.8) is 0 Å². The molecule has 120 valence electrons. The first-order chi connectivity index (χ1) is 11.6. The maximum absolute atomic E-state index is 6.29. The van der Waals surface area contributed by atoms with Gasteiger partial charge >= 0.3 is 0 Å². The van der Waals surface area contributed by atoms with Crippen LogP contribution in [-0.2, 0) is 0 Å². The van der Waals surface area contributed by atoms with Crippen LogP contribution in [0.2, 0.25) is 15.1 Å².